The lowest BCUT2D eigenvalue weighted by Gasteiger charge is -2.32. The fourth-order valence-electron chi connectivity index (χ4n) is 3.60. The number of benzene rings is 1. The molecule has 1 aromatic carbocycles. The molecule has 1 N–H and O–H groups in total. The Kier molecular flexibility index (Phi) is 7.02. The predicted molar refractivity (Wildman–Crippen MR) is 109 cm³/mol. The molecule has 9 heteroatoms. The number of amides is 2. The van der Waals surface area contributed by atoms with E-state index in [0.717, 1.165) is 30.7 Å². The Morgan fingerprint density at radius 1 is 1.26 bits per heavy atom. The van der Waals surface area contributed by atoms with E-state index in [1.165, 1.54) is 12.1 Å². The molecule has 0 saturated carbocycles. The van der Waals surface area contributed by atoms with Crippen LogP contribution in [-0.4, -0.2) is 35.0 Å². The van der Waals surface area contributed by atoms with Crippen molar-refractivity contribution in [2.24, 2.45) is 5.92 Å². The van der Waals surface area contributed by atoms with Gasteiger partial charge in [0.05, 0.1) is 11.3 Å². The number of anilines is 1. The van der Waals surface area contributed by atoms with E-state index in [1.807, 2.05) is 13.8 Å². The molecule has 2 amide bonds. The first kappa shape index (κ1) is 22.8. The van der Waals surface area contributed by atoms with Crippen LogP contribution in [0.3, 0.4) is 0 Å². The fourth-order valence-corrected chi connectivity index (χ4v) is 3.60. The monoisotopic (exact) mass is 437 g/mol. The number of hydrogen-bond donors (Lipinski definition) is 1. The van der Waals surface area contributed by atoms with Gasteiger partial charge in [0.25, 0.3) is 5.91 Å². The van der Waals surface area contributed by atoms with E-state index in [9.17, 15) is 22.8 Å². The molecule has 2 aromatic rings. The summed E-state index contributed by atoms with van der Waals surface area (Å²) >= 11 is 0. The third-order valence-electron chi connectivity index (χ3n) is 5.41. The zero-order valence-corrected chi connectivity index (χ0v) is 17.5. The first-order valence-corrected chi connectivity index (χ1v) is 10.4. The molecule has 31 heavy (non-hydrogen) atoms. The van der Waals surface area contributed by atoms with E-state index < -0.39 is 11.7 Å². The summed E-state index contributed by atoms with van der Waals surface area (Å²) in [5, 5.41) is 6.55. The van der Waals surface area contributed by atoms with Gasteiger partial charge in [0.2, 0.25) is 11.7 Å². The highest BCUT2D eigenvalue weighted by molar-refractivity contribution is 5.92. The Morgan fingerprint density at radius 2 is 1.97 bits per heavy atom. The van der Waals surface area contributed by atoms with Crippen molar-refractivity contribution in [1.82, 2.24) is 10.1 Å². The van der Waals surface area contributed by atoms with Crippen molar-refractivity contribution in [3.63, 3.8) is 0 Å². The first-order valence-electron chi connectivity index (χ1n) is 10.4. The highest BCUT2D eigenvalue weighted by atomic mass is 19.4. The number of nitrogens with zero attached hydrogens (tertiary/aromatic N) is 2. The number of nitrogens with one attached hydrogen (secondary N) is 1. The summed E-state index contributed by atoms with van der Waals surface area (Å²) in [7, 11) is 0. The van der Waals surface area contributed by atoms with Gasteiger partial charge in [-0.1, -0.05) is 19.0 Å². The number of alkyl halides is 3. The van der Waals surface area contributed by atoms with Crippen molar-refractivity contribution in [3.8, 4) is 0 Å². The van der Waals surface area contributed by atoms with E-state index in [2.05, 4.69) is 10.5 Å². The number of rotatable bonds is 6. The van der Waals surface area contributed by atoms with Gasteiger partial charge in [-0.2, -0.15) is 13.2 Å². The predicted octanol–water partition coefficient (Wildman–Crippen LogP) is 5.09. The molecule has 0 aliphatic carbocycles. The van der Waals surface area contributed by atoms with Crippen LogP contribution in [0.25, 0.3) is 0 Å². The van der Waals surface area contributed by atoms with Crippen molar-refractivity contribution in [2.75, 3.05) is 18.4 Å². The molecule has 0 unspecified atom stereocenters. The van der Waals surface area contributed by atoms with Gasteiger partial charge in [0, 0.05) is 31.3 Å². The van der Waals surface area contributed by atoms with Crippen LogP contribution < -0.4 is 5.32 Å². The van der Waals surface area contributed by atoms with Gasteiger partial charge < -0.3 is 14.7 Å². The van der Waals surface area contributed by atoms with Crippen LogP contribution in [0, 0.1) is 5.92 Å². The van der Waals surface area contributed by atoms with Gasteiger partial charge in [-0.15, -0.1) is 0 Å². The summed E-state index contributed by atoms with van der Waals surface area (Å²) < 4.78 is 43.0. The molecule has 1 fully saturated rings. The van der Waals surface area contributed by atoms with Crippen LogP contribution in [0.1, 0.15) is 67.3 Å². The lowest BCUT2D eigenvalue weighted by atomic mass is 9.93. The Balaban J connectivity index is 1.48. The molecule has 3 rings (SSSR count). The van der Waals surface area contributed by atoms with Gasteiger partial charge in [-0.3, -0.25) is 9.59 Å². The minimum Gasteiger partial charge on any atom is -0.351 e. The minimum atomic E-state index is -4.41. The summed E-state index contributed by atoms with van der Waals surface area (Å²) in [6.45, 7) is 5.10. The summed E-state index contributed by atoms with van der Waals surface area (Å²) in [5.41, 5.74) is 0.298. The zero-order valence-electron chi connectivity index (χ0n) is 17.5. The summed E-state index contributed by atoms with van der Waals surface area (Å²) in [6, 6.07) is 6.03. The maximum absolute atomic E-state index is 12.7. The molecule has 168 valence electrons. The Labute approximate surface area is 178 Å². The molecule has 2 heterocycles. The third-order valence-corrected chi connectivity index (χ3v) is 5.41. The van der Waals surface area contributed by atoms with Crippen LogP contribution in [0.5, 0.6) is 0 Å². The summed E-state index contributed by atoms with van der Waals surface area (Å²) in [6.07, 6.45) is -1.85. The molecule has 0 spiro atoms. The van der Waals surface area contributed by atoms with Crippen molar-refractivity contribution < 1.29 is 27.3 Å². The SMILES string of the molecule is CC(C)c1cc(C(=O)N2CCC[C@@H](CCC(=O)Nc3ccc(C(F)(F)F)cc3)C2)on1. The Hall–Kier alpha value is -2.84. The van der Waals surface area contributed by atoms with E-state index in [1.54, 1.807) is 11.0 Å². The average Bonchev–Trinajstić information content (AvgIpc) is 3.22. The number of halogens is 3. The Bertz CT molecular complexity index is 907. The van der Waals surface area contributed by atoms with Crippen LogP contribution in [-0.2, 0) is 11.0 Å². The smallest absolute Gasteiger partial charge is 0.351 e. The number of piperidine rings is 1. The second-order valence-electron chi connectivity index (χ2n) is 8.19. The third kappa shape index (κ3) is 6.08. The van der Waals surface area contributed by atoms with Crippen LogP contribution >= 0.6 is 0 Å². The largest absolute Gasteiger partial charge is 0.416 e. The topological polar surface area (TPSA) is 75.4 Å². The highest BCUT2D eigenvalue weighted by Gasteiger charge is 2.30. The summed E-state index contributed by atoms with van der Waals surface area (Å²) in [4.78, 5) is 26.6. The first-order chi connectivity index (χ1) is 14.6. The molecular formula is C22H26F3N3O3. The zero-order chi connectivity index (χ0) is 22.6. The van der Waals surface area contributed by atoms with Gasteiger partial charge >= 0.3 is 6.18 Å². The Morgan fingerprint density at radius 3 is 2.58 bits per heavy atom. The van der Waals surface area contributed by atoms with E-state index in [4.69, 9.17) is 4.52 Å². The van der Waals surface area contributed by atoms with E-state index in [0.29, 0.717) is 25.2 Å². The van der Waals surface area contributed by atoms with Gasteiger partial charge in [0.1, 0.15) is 0 Å². The molecule has 1 saturated heterocycles. The second-order valence-corrected chi connectivity index (χ2v) is 8.19. The standard InChI is InChI=1S/C22H26F3N3O3/c1-14(2)18-12-19(31-27-18)21(30)28-11-3-4-15(13-28)5-10-20(29)26-17-8-6-16(7-9-17)22(23,24)25/h6-9,12,14-15H,3-5,10-11,13H2,1-2H3,(H,26,29)/t15-/m0/s1. The molecular weight excluding hydrogens is 411 g/mol. The maximum Gasteiger partial charge on any atom is 0.416 e. The van der Waals surface area contributed by atoms with Crippen LogP contribution in [0.4, 0.5) is 18.9 Å². The van der Waals surface area contributed by atoms with Crippen molar-refractivity contribution in [1.29, 1.82) is 0 Å². The fraction of sp³-hybridized carbons (Fsp3) is 0.500. The summed E-state index contributed by atoms with van der Waals surface area (Å²) in [5.74, 6) is 0.105. The maximum atomic E-state index is 12.7. The molecule has 0 bridgehead atoms. The molecule has 1 aromatic heterocycles. The number of likely N-dealkylation sites (tertiary alicyclic amines) is 1. The van der Waals surface area contributed by atoms with E-state index >= 15 is 0 Å². The van der Waals surface area contributed by atoms with Gasteiger partial charge in [0.15, 0.2) is 0 Å². The minimum absolute atomic E-state index is 0.169. The van der Waals surface area contributed by atoms with Crippen LogP contribution in [0.2, 0.25) is 0 Å². The van der Waals surface area contributed by atoms with Gasteiger partial charge in [-0.05, 0) is 55.4 Å². The molecule has 1 aliphatic heterocycles. The molecule has 1 aliphatic rings. The van der Waals surface area contributed by atoms with Crippen molar-refractivity contribution in [2.45, 2.75) is 51.6 Å². The van der Waals surface area contributed by atoms with E-state index in [-0.39, 0.29) is 35.8 Å². The van der Waals surface area contributed by atoms with Gasteiger partial charge in [-0.25, -0.2) is 0 Å². The molecule has 1 atom stereocenters. The van der Waals surface area contributed by atoms with Crippen molar-refractivity contribution >= 4 is 17.5 Å². The number of aromatic nitrogens is 1. The average molecular weight is 437 g/mol. The lowest BCUT2D eigenvalue weighted by molar-refractivity contribution is -0.137. The highest BCUT2D eigenvalue weighted by Crippen LogP contribution is 2.30. The van der Waals surface area contributed by atoms with Crippen molar-refractivity contribution in [3.05, 3.63) is 47.3 Å². The van der Waals surface area contributed by atoms with Crippen LogP contribution in [0.15, 0.2) is 34.9 Å². The molecule has 0 radical (unpaired) electrons. The molecule has 6 nitrogen and oxygen atoms in total. The quantitative estimate of drug-likeness (QED) is 0.683. The lowest BCUT2D eigenvalue weighted by Crippen LogP contribution is -2.40. The number of carbonyl (C=O) groups is 2. The number of carbonyl (C=O) groups excluding carboxylic acids is 2. The number of hydrogen-bond acceptors (Lipinski definition) is 4. The normalized spacial score (nSPS) is 17.1. The second kappa shape index (κ2) is 9.53.